The van der Waals surface area contributed by atoms with Crippen LogP contribution in [-0.2, 0) is 5.67 Å². The van der Waals surface area contributed by atoms with Crippen LogP contribution < -0.4 is 5.32 Å². The van der Waals surface area contributed by atoms with Crippen LogP contribution in [0.3, 0.4) is 0 Å². The highest BCUT2D eigenvalue weighted by Crippen LogP contribution is 2.53. The highest BCUT2D eigenvalue weighted by molar-refractivity contribution is 7.59. The molecule has 0 aliphatic carbocycles. The van der Waals surface area contributed by atoms with E-state index in [1.54, 1.807) is 0 Å². The third kappa shape index (κ3) is 5.21. The Hall–Kier alpha value is -3.67. The Bertz CT molecular complexity index is 1220. The second-order valence-corrected chi connectivity index (χ2v) is 6.98. The molecule has 0 fully saturated rings. The summed E-state index contributed by atoms with van der Waals surface area (Å²) in [6, 6.07) is 5.97. The molecule has 0 unspecified atom stereocenters. The first kappa shape index (κ1) is 27.6. The predicted molar refractivity (Wildman–Crippen MR) is 111 cm³/mol. The molecule has 0 aliphatic rings. The van der Waals surface area contributed by atoms with Crippen molar-refractivity contribution >= 4 is 19.4 Å². The number of hydrogen-bond acceptors (Lipinski definition) is 5. The Morgan fingerprint density at radius 3 is 2.26 bits per heavy atom. The molecule has 0 saturated heterocycles. The van der Waals surface area contributed by atoms with Crippen molar-refractivity contribution in [3.63, 3.8) is 0 Å². The zero-order chi connectivity index (χ0) is 25.3. The molecular formula is C20H15F7N6OS. The van der Waals surface area contributed by atoms with E-state index >= 15 is 0 Å². The van der Waals surface area contributed by atoms with Crippen LogP contribution >= 0.6 is 13.5 Å². The van der Waals surface area contributed by atoms with E-state index in [2.05, 4.69) is 20.4 Å². The molecule has 1 aromatic carbocycles. The maximum absolute atomic E-state index is 14.3. The van der Waals surface area contributed by atoms with E-state index in [0.29, 0.717) is 12.1 Å². The lowest BCUT2D eigenvalue weighted by atomic mass is 9.92. The Kier molecular flexibility index (Phi) is 7.80. The number of amides is 1. The van der Waals surface area contributed by atoms with Crippen molar-refractivity contribution in [2.45, 2.75) is 31.0 Å². The second-order valence-electron chi connectivity index (χ2n) is 6.98. The van der Waals surface area contributed by atoms with Crippen LogP contribution in [0.25, 0.3) is 5.82 Å². The first-order valence-electron chi connectivity index (χ1n) is 9.30. The normalized spacial score (nSPS) is 12.9. The fourth-order valence-corrected chi connectivity index (χ4v) is 3.01. The number of pyridine rings is 1. The van der Waals surface area contributed by atoms with Gasteiger partial charge in [-0.05, 0) is 31.2 Å². The van der Waals surface area contributed by atoms with Gasteiger partial charge in [0.05, 0.1) is 11.6 Å². The molecular weight excluding hydrogens is 505 g/mol. The summed E-state index contributed by atoms with van der Waals surface area (Å²) in [6.45, 7) is 1.43. The minimum Gasteiger partial charge on any atom is -0.342 e. The number of aromatic nitrogens is 4. The molecule has 15 heteroatoms. The van der Waals surface area contributed by atoms with Gasteiger partial charge in [0, 0.05) is 17.3 Å². The molecule has 1 atom stereocenters. The van der Waals surface area contributed by atoms with Gasteiger partial charge in [0.2, 0.25) is 0 Å². The van der Waals surface area contributed by atoms with Crippen LogP contribution in [0.2, 0.25) is 0 Å². The number of carbonyl (C=O) groups is 1. The summed E-state index contributed by atoms with van der Waals surface area (Å²) in [5, 5.41) is 15.2. The average Bonchev–Trinajstić information content (AvgIpc) is 3.27. The van der Waals surface area contributed by atoms with Crippen LogP contribution in [0.4, 0.5) is 30.7 Å². The molecule has 1 N–H and O–H groups in total. The van der Waals surface area contributed by atoms with Gasteiger partial charge in [-0.3, -0.25) is 4.79 Å². The van der Waals surface area contributed by atoms with Crippen molar-refractivity contribution in [1.29, 1.82) is 5.26 Å². The number of nitriles is 1. The maximum Gasteiger partial charge on any atom is 0.435 e. The SMILES string of the molecule is C[C@H](NC(=O)c1cccc(C(F)(C(F)(F)F)C(F)(F)F)c1)c1ncnn1-c1ccc(C#N)cn1.S. The molecule has 0 saturated carbocycles. The first-order chi connectivity index (χ1) is 15.8. The Balaban J connectivity index is 0.00000432. The van der Waals surface area contributed by atoms with Crippen LogP contribution in [0.5, 0.6) is 0 Å². The second kappa shape index (κ2) is 9.90. The molecule has 1 amide bonds. The zero-order valence-corrected chi connectivity index (χ0v) is 18.5. The Morgan fingerprint density at radius 2 is 1.71 bits per heavy atom. The van der Waals surface area contributed by atoms with E-state index in [0.717, 1.165) is 12.4 Å². The molecule has 35 heavy (non-hydrogen) atoms. The number of alkyl halides is 7. The molecule has 0 aliphatic heterocycles. The molecule has 7 nitrogen and oxygen atoms in total. The summed E-state index contributed by atoms with van der Waals surface area (Å²) < 4.78 is 93.7. The van der Waals surface area contributed by atoms with E-state index in [-0.39, 0.29) is 36.8 Å². The summed E-state index contributed by atoms with van der Waals surface area (Å²) in [5.74, 6) is -0.734. The lowest BCUT2D eigenvalue weighted by Gasteiger charge is -2.30. The number of rotatable bonds is 5. The Morgan fingerprint density at radius 1 is 1.06 bits per heavy atom. The Labute approximate surface area is 200 Å². The molecule has 0 bridgehead atoms. The van der Waals surface area contributed by atoms with Crippen molar-refractivity contribution in [1.82, 2.24) is 25.1 Å². The van der Waals surface area contributed by atoms with Gasteiger partial charge >= 0.3 is 18.0 Å². The number of hydrogen-bond donors (Lipinski definition) is 1. The third-order valence-corrected chi connectivity index (χ3v) is 4.71. The van der Waals surface area contributed by atoms with Crippen molar-refractivity contribution in [2.75, 3.05) is 0 Å². The van der Waals surface area contributed by atoms with Crippen molar-refractivity contribution < 1.29 is 35.5 Å². The van der Waals surface area contributed by atoms with E-state index in [1.807, 2.05) is 6.07 Å². The predicted octanol–water partition coefficient (Wildman–Crippen LogP) is 4.43. The topological polar surface area (TPSA) is 96.5 Å². The number of benzene rings is 1. The number of halogens is 7. The maximum atomic E-state index is 14.3. The van der Waals surface area contributed by atoms with Crippen molar-refractivity contribution in [3.8, 4) is 11.9 Å². The lowest BCUT2D eigenvalue weighted by molar-refractivity contribution is -0.348. The van der Waals surface area contributed by atoms with Gasteiger partial charge in [-0.1, -0.05) is 12.1 Å². The molecule has 186 valence electrons. The number of carbonyl (C=O) groups excluding carboxylic acids is 1. The van der Waals surface area contributed by atoms with Gasteiger partial charge < -0.3 is 5.32 Å². The minimum absolute atomic E-state index is 0. The fraction of sp³-hybridized carbons (Fsp3) is 0.250. The summed E-state index contributed by atoms with van der Waals surface area (Å²) in [6.07, 6.45) is -10.2. The molecule has 2 aromatic heterocycles. The van der Waals surface area contributed by atoms with Gasteiger partial charge in [-0.2, -0.15) is 54.9 Å². The van der Waals surface area contributed by atoms with Gasteiger partial charge in [-0.25, -0.2) is 14.4 Å². The van der Waals surface area contributed by atoms with E-state index < -0.39 is 41.1 Å². The standard InChI is InChI=1S/C20H13F7N6O.H2S/c1-11(16-30-10-31-33(16)15-6-5-12(8-28)9-29-15)32-17(34)13-3-2-4-14(7-13)18(21,19(22,23)24)20(25,26)27;/h2-7,9-11H,1H3,(H,32,34);1H2/t11-;/m0./s1. The summed E-state index contributed by atoms with van der Waals surface area (Å²) in [4.78, 5) is 20.6. The largest absolute Gasteiger partial charge is 0.435 e. The molecule has 0 spiro atoms. The van der Waals surface area contributed by atoms with E-state index in [9.17, 15) is 35.5 Å². The molecule has 2 heterocycles. The summed E-state index contributed by atoms with van der Waals surface area (Å²) >= 11 is 0. The third-order valence-electron chi connectivity index (χ3n) is 4.71. The van der Waals surface area contributed by atoms with Gasteiger partial charge in [0.25, 0.3) is 5.91 Å². The van der Waals surface area contributed by atoms with Gasteiger partial charge in [0.1, 0.15) is 12.4 Å². The van der Waals surface area contributed by atoms with Gasteiger partial charge in [-0.15, -0.1) is 0 Å². The highest BCUT2D eigenvalue weighted by atomic mass is 32.1. The van der Waals surface area contributed by atoms with Gasteiger partial charge in [0.15, 0.2) is 11.6 Å². The monoisotopic (exact) mass is 520 g/mol. The molecule has 3 aromatic rings. The van der Waals surface area contributed by atoms with E-state index in [4.69, 9.17) is 5.26 Å². The number of nitrogens with one attached hydrogen (secondary N) is 1. The average molecular weight is 520 g/mol. The molecule has 0 radical (unpaired) electrons. The smallest absolute Gasteiger partial charge is 0.342 e. The van der Waals surface area contributed by atoms with Crippen LogP contribution in [0.15, 0.2) is 48.9 Å². The van der Waals surface area contributed by atoms with Crippen LogP contribution in [-0.4, -0.2) is 38.0 Å². The van der Waals surface area contributed by atoms with Crippen LogP contribution in [0, 0.1) is 11.3 Å². The highest BCUT2D eigenvalue weighted by Gasteiger charge is 2.73. The lowest BCUT2D eigenvalue weighted by Crippen LogP contribution is -2.50. The summed E-state index contributed by atoms with van der Waals surface area (Å²) in [7, 11) is 0. The zero-order valence-electron chi connectivity index (χ0n) is 17.5. The number of nitrogens with zero attached hydrogens (tertiary/aromatic N) is 5. The fourth-order valence-electron chi connectivity index (χ4n) is 3.01. The van der Waals surface area contributed by atoms with E-state index in [1.165, 1.54) is 29.9 Å². The molecule has 3 rings (SSSR count). The van der Waals surface area contributed by atoms with Crippen molar-refractivity contribution in [3.05, 3.63) is 71.4 Å². The quantitative estimate of drug-likeness (QED) is 0.503. The van der Waals surface area contributed by atoms with Crippen LogP contribution in [0.1, 0.15) is 40.3 Å². The van der Waals surface area contributed by atoms with Crippen molar-refractivity contribution in [2.24, 2.45) is 0 Å². The first-order valence-corrected chi connectivity index (χ1v) is 9.30. The minimum atomic E-state index is -6.31. The summed E-state index contributed by atoms with van der Waals surface area (Å²) in [5.41, 5.74) is -7.81.